The fourth-order valence-electron chi connectivity index (χ4n) is 7.17. The summed E-state index contributed by atoms with van der Waals surface area (Å²) in [7, 11) is -3.99. The highest BCUT2D eigenvalue weighted by atomic mass is 32.2. The molecule has 3 aromatic carbocycles. The van der Waals surface area contributed by atoms with Gasteiger partial charge in [-0.25, -0.2) is 0 Å². The van der Waals surface area contributed by atoms with Crippen molar-refractivity contribution in [1.82, 2.24) is 4.90 Å². The van der Waals surface area contributed by atoms with Gasteiger partial charge in [-0.3, -0.25) is 14.5 Å². The molecule has 4 atom stereocenters. The van der Waals surface area contributed by atoms with Gasteiger partial charge >= 0.3 is 0 Å². The molecule has 0 unspecified atom stereocenters. The van der Waals surface area contributed by atoms with Gasteiger partial charge in [-0.1, -0.05) is 77.0 Å². The zero-order valence-corrected chi connectivity index (χ0v) is 26.2. The molecule has 2 amide bonds. The van der Waals surface area contributed by atoms with Crippen LogP contribution in [0.5, 0.6) is 0 Å². The lowest BCUT2D eigenvalue weighted by Gasteiger charge is -2.48. The summed E-state index contributed by atoms with van der Waals surface area (Å²) < 4.78 is 31.6. The topological polar surface area (TPSA) is 87.1 Å². The lowest BCUT2D eigenvalue weighted by Crippen LogP contribution is -2.53. The predicted octanol–water partition coefficient (Wildman–Crippen LogP) is 6.38. The number of fused-ring (bicyclic) bond motifs is 4. The van der Waals surface area contributed by atoms with E-state index in [4.69, 9.17) is 0 Å². The van der Waals surface area contributed by atoms with E-state index < -0.39 is 21.9 Å². The second-order valence-corrected chi connectivity index (χ2v) is 14.9. The molecule has 3 heterocycles. The van der Waals surface area contributed by atoms with Crippen LogP contribution in [0.1, 0.15) is 31.7 Å². The van der Waals surface area contributed by atoms with Crippen LogP contribution in [0.4, 0.5) is 5.69 Å². The normalized spacial score (nSPS) is 26.0. The number of aryl methyl sites for hydroxylation is 1. The van der Waals surface area contributed by atoms with Gasteiger partial charge in [0.25, 0.3) is 10.0 Å². The highest BCUT2D eigenvalue weighted by Gasteiger charge is 2.56. The van der Waals surface area contributed by atoms with Crippen molar-refractivity contribution >= 4 is 45.1 Å². The van der Waals surface area contributed by atoms with E-state index in [0.29, 0.717) is 30.9 Å². The third-order valence-corrected chi connectivity index (χ3v) is 11.6. The van der Waals surface area contributed by atoms with Gasteiger partial charge in [-0.15, -0.1) is 4.40 Å². The number of carbonyl (C=O) groups excluding carboxylic acids is 2. The number of sulfonamides is 1. The van der Waals surface area contributed by atoms with Crippen LogP contribution >= 0.6 is 11.8 Å². The van der Waals surface area contributed by atoms with Gasteiger partial charge in [0.05, 0.1) is 22.4 Å². The molecule has 7 rings (SSSR count). The summed E-state index contributed by atoms with van der Waals surface area (Å²) in [6.45, 7) is 4.44. The first kappa shape index (κ1) is 28.8. The molecular formula is C35H33N3O4S2. The molecule has 2 saturated heterocycles. The Hall–Kier alpha value is -3.95. The van der Waals surface area contributed by atoms with Crippen molar-refractivity contribution < 1.29 is 18.0 Å². The van der Waals surface area contributed by atoms with Gasteiger partial charge in [0.15, 0.2) is 0 Å². The van der Waals surface area contributed by atoms with Crippen LogP contribution in [0, 0.1) is 24.7 Å². The van der Waals surface area contributed by atoms with Crippen molar-refractivity contribution in [2.45, 2.75) is 48.9 Å². The molecule has 9 heteroatoms. The van der Waals surface area contributed by atoms with Crippen LogP contribution in [0.25, 0.3) is 0 Å². The number of carbonyl (C=O) groups is 2. The van der Waals surface area contributed by atoms with Crippen LogP contribution in [0.3, 0.4) is 0 Å². The third kappa shape index (κ3) is 5.12. The van der Waals surface area contributed by atoms with Crippen molar-refractivity contribution in [2.75, 3.05) is 11.4 Å². The summed E-state index contributed by atoms with van der Waals surface area (Å²) in [5.41, 5.74) is 3.97. The van der Waals surface area contributed by atoms with Crippen molar-refractivity contribution in [3.05, 3.63) is 113 Å². The van der Waals surface area contributed by atoms with Gasteiger partial charge in [-0.2, -0.15) is 8.42 Å². The van der Waals surface area contributed by atoms with Crippen LogP contribution < -0.4 is 4.90 Å². The van der Waals surface area contributed by atoms with E-state index in [1.807, 2.05) is 61.5 Å². The summed E-state index contributed by atoms with van der Waals surface area (Å²) in [5.74, 6) is -1.04. The smallest absolute Gasteiger partial charge is 0.284 e. The average Bonchev–Trinajstić information content (AvgIpc) is 3.26. The number of imide groups is 1. The van der Waals surface area contributed by atoms with Gasteiger partial charge in [0, 0.05) is 23.4 Å². The summed E-state index contributed by atoms with van der Waals surface area (Å²) in [4.78, 5) is 33.3. The van der Waals surface area contributed by atoms with E-state index in [1.165, 1.54) is 16.0 Å². The Bertz CT molecular complexity index is 1830. The molecule has 44 heavy (non-hydrogen) atoms. The minimum atomic E-state index is -3.99. The average molecular weight is 624 g/mol. The number of allylic oxidation sites excluding steroid dienone is 1. The number of para-hydroxylation sites is 1. The van der Waals surface area contributed by atoms with Crippen LogP contribution in [0.2, 0.25) is 0 Å². The van der Waals surface area contributed by atoms with Gasteiger partial charge in [-0.05, 0) is 80.5 Å². The summed E-state index contributed by atoms with van der Waals surface area (Å²) in [5, 5.41) is 0. The van der Waals surface area contributed by atoms with E-state index in [9.17, 15) is 18.0 Å². The van der Waals surface area contributed by atoms with E-state index in [-0.39, 0.29) is 28.7 Å². The molecule has 2 fully saturated rings. The first-order valence-corrected chi connectivity index (χ1v) is 17.2. The number of rotatable bonds is 5. The van der Waals surface area contributed by atoms with E-state index >= 15 is 0 Å². The Balaban J connectivity index is 1.27. The van der Waals surface area contributed by atoms with Crippen molar-refractivity contribution in [3.63, 3.8) is 0 Å². The number of thioether (sulfide) groups is 1. The summed E-state index contributed by atoms with van der Waals surface area (Å²) in [6.07, 6.45) is 3.90. The van der Waals surface area contributed by atoms with Gasteiger partial charge in [0.1, 0.15) is 5.84 Å². The maximum absolute atomic E-state index is 14.0. The number of amides is 2. The molecule has 0 N–H and O–H groups in total. The second-order valence-electron chi connectivity index (χ2n) is 12.1. The molecule has 4 aliphatic rings. The van der Waals surface area contributed by atoms with Crippen molar-refractivity contribution in [2.24, 2.45) is 22.2 Å². The number of anilines is 1. The molecule has 0 radical (unpaired) electrons. The molecule has 0 bridgehead atoms. The first-order valence-electron chi connectivity index (χ1n) is 14.9. The molecule has 0 saturated carbocycles. The number of piperidine rings is 1. The Labute approximate surface area is 262 Å². The second kappa shape index (κ2) is 11.2. The minimum absolute atomic E-state index is 0.00615. The molecule has 0 aromatic heterocycles. The maximum Gasteiger partial charge on any atom is 0.284 e. The Morgan fingerprint density at radius 1 is 0.795 bits per heavy atom. The van der Waals surface area contributed by atoms with Gasteiger partial charge < -0.3 is 4.90 Å². The molecule has 0 spiro atoms. The molecule has 7 nitrogen and oxygen atoms in total. The standard InChI is InChI=1S/C35H33N3O4S2/c1-22-13-15-28(16-14-22)44(41,42)36-32-20-27(43-26-11-7-4-8-12-26)18-25-19-29-23(2)17-30-33(31(29)21-37(25)32)35(40)38(34(30)39)24-9-5-3-6-10-24/h3-16,20,25,30-31,33H,17-19,21H2,1-2H3/b36-32-/t25-,30-,31+,33-/m0/s1. The van der Waals surface area contributed by atoms with Crippen molar-refractivity contribution in [1.29, 1.82) is 0 Å². The highest BCUT2D eigenvalue weighted by molar-refractivity contribution is 8.03. The quantitative estimate of drug-likeness (QED) is 0.242. The van der Waals surface area contributed by atoms with Crippen LogP contribution in [-0.4, -0.2) is 43.6 Å². The van der Waals surface area contributed by atoms with E-state index in [1.54, 1.807) is 48.2 Å². The van der Waals surface area contributed by atoms with Crippen LogP contribution in [-0.2, 0) is 19.6 Å². The Morgan fingerprint density at radius 3 is 2.18 bits per heavy atom. The lowest BCUT2D eigenvalue weighted by molar-refractivity contribution is -0.123. The van der Waals surface area contributed by atoms with Crippen molar-refractivity contribution in [3.8, 4) is 0 Å². The minimum Gasteiger partial charge on any atom is -0.352 e. The van der Waals surface area contributed by atoms with Gasteiger partial charge in [0.2, 0.25) is 11.8 Å². The Kier molecular flexibility index (Phi) is 7.33. The van der Waals surface area contributed by atoms with E-state index in [2.05, 4.69) is 16.2 Å². The fourth-order valence-corrected chi connectivity index (χ4v) is 9.20. The highest BCUT2D eigenvalue weighted by Crippen LogP contribution is 2.51. The summed E-state index contributed by atoms with van der Waals surface area (Å²) >= 11 is 1.63. The molecule has 1 aliphatic carbocycles. The SMILES string of the molecule is CC1=C2C[C@@H]3CC(Sc4ccccc4)=C/C(=N/S(=O)(=O)c4ccc(C)cc4)N3C[C@H]2[C@H]2C(=O)N(c3ccccc3)C(=O)[C@H]2C1. The zero-order valence-electron chi connectivity index (χ0n) is 24.6. The summed E-state index contributed by atoms with van der Waals surface area (Å²) in [6, 6.07) is 25.9. The third-order valence-electron chi connectivity index (χ3n) is 9.28. The largest absolute Gasteiger partial charge is 0.352 e. The Morgan fingerprint density at radius 2 is 1.48 bits per heavy atom. The van der Waals surface area contributed by atoms with E-state index in [0.717, 1.165) is 21.8 Å². The number of nitrogens with zero attached hydrogens (tertiary/aromatic N) is 3. The lowest BCUT2D eigenvalue weighted by atomic mass is 9.66. The monoisotopic (exact) mass is 623 g/mol. The number of hydrogen-bond acceptors (Lipinski definition) is 5. The predicted molar refractivity (Wildman–Crippen MR) is 173 cm³/mol. The molecule has 3 aromatic rings. The zero-order chi connectivity index (χ0) is 30.6. The number of hydrogen-bond donors (Lipinski definition) is 0. The molecule has 224 valence electrons. The fraction of sp³-hybridized carbons (Fsp3) is 0.286. The van der Waals surface area contributed by atoms with Crippen LogP contribution in [0.15, 0.2) is 121 Å². The number of amidine groups is 1. The number of benzene rings is 3. The molecule has 3 aliphatic heterocycles. The molecular weight excluding hydrogens is 591 g/mol. The maximum atomic E-state index is 14.0. The first-order chi connectivity index (χ1) is 21.2.